The Kier molecular flexibility index (Phi) is 12.4. The highest BCUT2D eigenvalue weighted by molar-refractivity contribution is 5.75. The number of aliphatic carboxylic acids is 1. The molecule has 4 nitrogen and oxygen atoms in total. The number of ether oxygens (including phenoxy) is 1. The number of rotatable bonds is 14. The Balaban J connectivity index is 2.26. The van der Waals surface area contributed by atoms with Crippen LogP contribution in [0, 0.1) is 11.8 Å². The van der Waals surface area contributed by atoms with E-state index < -0.39 is 5.97 Å². The van der Waals surface area contributed by atoms with Gasteiger partial charge in [0.1, 0.15) is 6.10 Å². The van der Waals surface area contributed by atoms with Gasteiger partial charge < -0.3 is 9.84 Å². The Labute approximate surface area is 160 Å². The van der Waals surface area contributed by atoms with Crippen molar-refractivity contribution in [2.24, 2.45) is 11.8 Å². The molecule has 3 atom stereocenters. The SMILES string of the molecule is CCCCCCCCCCC(CCC)OC(=O)C1CCCC(C(=O)O)C1. The Morgan fingerprint density at radius 3 is 2.12 bits per heavy atom. The molecule has 1 aliphatic rings. The number of carbonyl (C=O) groups excluding carboxylic acids is 1. The van der Waals surface area contributed by atoms with Crippen LogP contribution < -0.4 is 0 Å². The summed E-state index contributed by atoms with van der Waals surface area (Å²) < 4.78 is 5.79. The van der Waals surface area contributed by atoms with E-state index in [1.807, 2.05) is 0 Å². The second-order valence-electron chi connectivity index (χ2n) is 8.01. The van der Waals surface area contributed by atoms with Gasteiger partial charge in [-0.2, -0.15) is 0 Å². The van der Waals surface area contributed by atoms with E-state index >= 15 is 0 Å². The lowest BCUT2D eigenvalue weighted by atomic mass is 9.81. The first kappa shape index (κ1) is 23.0. The number of esters is 1. The van der Waals surface area contributed by atoms with Gasteiger partial charge in [-0.25, -0.2) is 0 Å². The van der Waals surface area contributed by atoms with E-state index in [-0.39, 0.29) is 23.9 Å². The minimum absolute atomic E-state index is 0.0118. The average molecular weight is 369 g/mol. The van der Waals surface area contributed by atoms with Gasteiger partial charge in [0.15, 0.2) is 0 Å². The molecule has 0 saturated heterocycles. The maximum absolute atomic E-state index is 12.5. The molecule has 1 N–H and O–H groups in total. The first-order chi connectivity index (χ1) is 12.6. The summed E-state index contributed by atoms with van der Waals surface area (Å²) in [6.07, 6.45) is 15.9. The zero-order chi connectivity index (χ0) is 19.2. The fourth-order valence-electron chi connectivity index (χ4n) is 3.98. The van der Waals surface area contributed by atoms with Crippen LogP contribution in [0.15, 0.2) is 0 Å². The van der Waals surface area contributed by atoms with Gasteiger partial charge in [-0.3, -0.25) is 9.59 Å². The van der Waals surface area contributed by atoms with E-state index in [2.05, 4.69) is 13.8 Å². The lowest BCUT2D eigenvalue weighted by molar-refractivity contribution is -0.157. The molecule has 0 spiro atoms. The highest BCUT2D eigenvalue weighted by Crippen LogP contribution is 2.31. The molecule has 0 aromatic heterocycles. The largest absolute Gasteiger partial charge is 0.481 e. The molecule has 1 aliphatic carbocycles. The fraction of sp³-hybridized carbons (Fsp3) is 0.909. The molecule has 0 aliphatic heterocycles. The summed E-state index contributed by atoms with van der Waals surface area (Å²) >= 11 is 0. The van der Waals surface area contributed by atoms with Gasteiger partial charge in [0, 0.05) is 0 Å². The third-order valence-corrected chi connectivity index (χ3v) is 5.63. The van der Waals surface area contributed by atoms with Crippen molar-refractivity contribution in [3.8, 4) is 0 Å². The molecule has 0 aromatic carbocycles. The monoisotopic (exact) mass is 368 g/mol. The Hall–Kier alpha value is -1.06. The zero-order valence-electron chi connectivity index (χ0n) is 17.0. The third-order valence-electron chi connectivity index (χ3n) is 5.63. The number of carboxylic acid groups (broad SMARTS) is 1. The van der Waals surface area contributed by atoms with Gasteiger partial charge in [-0.15, -0.1) is 0 Å². The minimum atomic E-state index is -0.772. The molecule has 26 heavy (non-hydrogen) atoms. The normalized spacial score (nSPS) is 21.3. The van der Waals surface area contributed by atoms with Crippen LogP contribution in [-0.2, 0) is 14.3 Å². The van der Waals surface area contributed by atoms with E-state index in [1.54, 1.807) is 0 Å². The van der Waals surface area contributed by atoms with Crippen molar-refractivity contribution in [2.45, 2.75) is 116 Å². The molecule has 0 bridgehead atoms. The second-order valence-corrected chi connectivity index (χ2v) is 8.01. The molecule has 0 aromatic rings. The van der Waals surface area contributed by atoms with Gasteiger partial charge in [-0.05, 0) is 38.5 Å². The molecule has 0 radical (unpaired) electrons. The van der Waals surface area contributed by atoms with E-state index in [4.69, 9.17) is 4.74 Å². The predicted octanol–water partition coefficient (Wildman–Crippen LogP) is 6.12. The number of hydrogen-bond acceptors (Lipinski definition) is 3. The molecule has 0 amide bonds. The first-order valence-corrected chi connectivity index (χ1v) is 11.0. The van der Waals surface area contributed by atoms with Crippen LogP contribution in [0.1, 0.15) is 110 Å². The summed E-state index contributed by atoms with van der Waals surface area (Å²) in [6, 6.07) is 0. The van der Waals surface area contributed by atoms with Crippen LogP contribution in [0.4, 0.5) is 0 Å². The van der Waals surface area contributed by atoms with Crippen molar-refractivity contribution in [2.75, 3.05) is 0 Å². The molecule has 152 valence electrons. The summed E-state index contributed by atoms with van der Waals surface area (Å²) in [5, 5.41) is 9.19. The summed E-state index contributed by atoms with van der Waals surface area (Å²) in [4.78, 5) is 23.7. The molecule has 0 heterocycles. The van der Waals surface area contributed by atoms with Crippen molar-refractivity contribution in [1.82, 2.24) is 0 Å². The third kappa shape index (κ3) is 9.59. The van der Waals surface area contributed by atoms with Crippen molar-refractivity contribution in [1.29, 1.82) is 0 Å². The molecule has 1 saturated carbocycles. The summed E-state index contributed by atoms with van der Waals surface area (Å²) in [7, 11) is 0. The van der Waals surface area contributed by atoms with Gasteiger partial charge in [0.25, 0.3) is 0 Å². The second kappa shape index (κ2) is 14.1. The Morgan fingerprint density at radius 1 is 0.885 bits per heavy atom. The van der Waals surface area contributed by atoms with Crippen molar-refractivity contribution in [3.05, 3.63) is 0 Å². The topological polar surface area (TPSA) is 63.6 Å². The van der Waals surface area contributed by atoms with Crippen molar-refractivity contribution < 1.29 is 19.4 Å². The van der Waals surface area contributed by atoms with E-state index in [1.165, 1.54) is 44.9 Å². The lowest BCUT2D eigenvalue weighted by Crippen LogP contribution is -2.31. The predicted molar refractivity (Wildman–Crippen MR) is 105 cm³/mol. The van der Waals surface area contributed by atoms with E-state index in [9.17, 15) is 14.7 Å². The quantitative estimate of drug-likeness (QED) is 0.296. The Bertz CT molecular complexity index is 394. The van der Waals surface area contributed by atoms with E-state index in [0.717, 1.165) is 38.5 Å². The number of hydrogen-bond donors (Lipinski definition) is 1. The number of carboxylic acids is 1. The highest BCUT2D eigenvalue weighted by atomic mass is 16.5. The van der Waals surface area contributed by atoms with Crippen LogP contribution in [0.2, 0.25) is 0 Å². The number of unbranched alkanes of at least 4 members (excludes halogenated alkanes) is 7. The van der Waals surface area contributed by atoms with Crippen molar-refractivity contribution in [3.63, 3.8) is 0 Å². The summed E-state index contributed by atoms with van der Waals surface area (Å²) in [5.41, 5.74) is 0. The first-order valence-electron chi connectivity index (χ1n) is 11.0. The molecule has 4 heteroatoms. The van der Waals surface area contributed by atoms with Crippen LogP contribution in [0.3, 0.4) is 0 Å². The standard InChI is InChI=1S/C22H40O4/c1-3-5-6-7-8-9-10-11-16-20(13-4-2)26-22(25)19-15-12-14-18(17-19)21(23)24/h18-20H,3-17H2,1-2H3,(H,23,24). The Morgan fingerprint density at radius 2 is 1.50 bits per heavy atom. The molecular formula is C22H40O4. The molecule has 3 unspecified atom stereocenters. The van der Waals surface area contributed by atoms with Gasteiger partial charge >= 0.3 is 11.9 Å². The maximum Gasteiger partial charge on any atom is 0.309 e. The fourth-order valence-corrected chi connectivity index (χ4v) is 3.98. The van der Waals surface area contributed by atoms with Gasteiger partial charge in [-0.1, -0.05) is 71.6 Å². The molecule has 1 fully saturated rings. The van der Waals surface area contributed by atoms with E-state index in [0.29, 0.717) is 12.8 Å². The minimum Gasteiger partial charge on any atom is -0.481 e. The molecular weight excluding hydrogens is 328 g/mol. The number of carbonyl (C=O) groups is 2. The average Bonchev–Trinajstić information content (AvgIpc) is 2.64. The zero-order valence-corrected chi connectivity index (χ0v) is 17.0. The van der Waals surface area contributed by atoms with Crippen molar-refractivity contribution >= 4 is 11.9 Å². The smallest absolute Gasteiger partial charge is 0.309 e. The van der Waals surface area contributed by atoms with Crippen LogP contribution in [-0.4, -0.2) is 23.1 Å². The van der Waals surface area contributed by atoms with Crippen LogP contribution in [0.5, 0.6) is 0 Å². The van der Waals surface area contributed by atoms with Crippen LogP contribution in [0.25, 0.3) is 0 Å². The summed E-state index contributed by atoms with van der Waals surface area (Å²) in [6.45, 7) is 4.36. The lowest BCUT2D eigenvalue weighted by Gasteiger charge is -2.27. The summed E-state index contributed by atoms with van der Waals surface area (Å²) in [5.74, 6) is -1.53. The van der Waals surface area contributed by atoms with Gasteiger partial charge in [0.2, 0.25) is 0 Å². The van der Waals surface area contributed by atoms with Crippen LogP contribution >= 0.6 is 0 Å². The maximum atomic E-state index is 12.5. The molecule has 1 rings (SSSR count). The highest BCUT2D eigenvalue weighted by Gasteiger charge is 2.32. The van der Waals surface area contributed by atoms with Gasteiger partial charge in [0.05, 0.1) is 11.8 Å².